The molecule has 1 aliphatic carbocycles. The number of nitrogens with zero attached hydrogens (tertiary/aromatic N) is 5. The quantitative estimate of drug-likeness (QED) is 0.564. The lowest BCUT2D eigenvalue weighted by Crippen LogP contribution is -2.32. The second kappa shape index (κ2) is 9.13. The largest absolute Gasteiger partial charge is 0.369 e. The van der Waals surface area contributed by atoms with Gasteiger partial charge in [0.1, 0.15) is 11.5 Å². The average molecular weight is 465 g/mol. The number of hydrogen-bond donors (Lipinski definition) is 1. The highest BCUT2D eigenvalue weighted by Gasteiger charge is 2.25. The fourth-order valence-corrected chi connectivity index (χ4v) is 5.80. The third-order valence-corrected chi connectivity index (χ3v) is 7.56. The second-order valence-corrected chi connectivity index (χ2v) is 9.95. The minimum Gasteiger partial charge on any atom is -0.369 e. The molecule has 0 bridgehead atoms. The van der Waals surface area contributed by atoms with Crippen LogP contribution in [0.25, 0.3) is 11.0 Å². The first-order valence-electron chi connectivity index (χ1n) is 11.5. The molecule has 0 radical (unpaired) electrons. The lowest BCUT2D eigenvalue weighted by atomic mass is 10.0. The number of aryl methyl sites for hydroxylation is 1. The summed E-state index contributed by atoms with van der Waals surface area (Å²) in [7, 11) is 0. The van der Waals surface area contributed by atoms with Crippen LogP contribution in [0, 0.1) is 6.92 Å². The molecule has 3 aromatic heterocycles. The Hall–Kier alpha value is -2.94. The van der Waals surface area contributed by atoms with Crippen LogP contribution in [0.15, 0.2) is 29.3 Å². The van der Waals surface area contributed by atoms with Gasteiger partial charge in [-0.15, -0.1) is 0 Å². The summed E-state index contributed by atoms with van der Waals surface area (Å²) in [6.45, 7) is 5.32. The molecule has 5 rings (SSSR count). The number of nitrogens with one attached hydrogen (secondary N) is 1. The number of ketones is 1. The van der Waals surface area contributed by atoms with Gasteiger partial charge in [-0.2, -0.15) is 16.7 Å². The predicted octanol–water partition coefficient (Wildman–Crippen LogP) is 4.11. The minimum absolute atomic E-state index is 0.0570. The van der Waals surface area contributed by atoms with Gasteiger partial charge >= 0.3 is 0 Å². The summed E-state index contributed by atoms with van der Waals surface area (Å²) in [6, 6.07) is 4.05. The molecule has 2 fully saturated rings. The van der Waals surface area contributed by atoms with E-state index >= 15 is 0 Å². The number of anilines is 3. The molecule has 9 heteroatoms. The number of carbonyl (C=O) groups excluding carboxylic acids is 1. The summed E-state index contributed by atoms with van der Waals surface area (Å²) in [6.07, 6.45) is 7.56. The van der Waals surface area contributed by atoms with Crippen molar-refractivity contribution in [2.45, 2.75) is 45.6 Å². The zero-order chi connectivity index (χ0) is 22.9. The van der Waals surface area contributed by atoms with Crippen molar-refractivity contribution in [2.24, 2.45) is 0 Å². The number of aromatic nitrogens is 4. The molecule has 0 spiro atoms. The van der Waals surface area contributed by atoms with E-state index in [0.717, 1.165) is 61.4 Å². The van der Waals surface area contributed by atoms with E-state index in [1.807, 2.05) is 24.0 Å². The van der Waals surface area contributed by atoms with Crippen molar-refractivity contribution >= 4 is 46.0 Å². The monoisotopic (exact) mass is 464 g/mol. The molecular formula is C24H28N6O2S. The molecule has 8 nitrogen and oxygen atoms in total. The predicted molar refractivity (Wildman–Crippen MR) is 133 cm³/mol. The fourth-order valence-electron chi connectivity index (χ4n) is 4.89. The van der Waals surface area contributed by atoms with Crippen molar-refractivity contribution in [2.75, 3.05) is 34.8 Å². The summed E-state index contributed by atoms with van der Waals surface area (Å²) in [5, 5.41) is 3.92. The van der Waals surface area contributed by atoms with Gasteiger partial charge in [0, 0.05) is 42.2 Å². The third kappa shape index (κ3) is 4.21. The van der Waals surface area contributed by atoms with E-state index < -0.39 is 0 Å². The van der Waals surface area contributed by atoms with Crippen molar-refractivity contribution in [1.82, 2.24) is 19.5 Å². The Bertz CT molecular complexity index is 1240. The highest BCUT2D eigenvalue weighted by molar-refractivity contribution is 7.99. The van der Waals surface area contributed by atoms with Gasteiger partial charge in [0.05, 0.1) is 17.4 Å². The van der Waals surface area contributed by atoms with E-state index in [0.29, 0.717) is 23.0 Å². The van der Waals surface area contributed by atoms with E-state index in [4.69, 9.17) is 4.98 Å². The van der Waals surface area contributed by atoms with Gasteiger partial charge in [0.25, 0.3) is 5.56 Å². The van der Waals surface area contributed by atoms with Crippen LogP contribution < -0.4 is 15.8 Å². The van der Waals surface area contributed by atoms with Crippen LogP contribution in [0.5, 0.6) is 0 Å². The van der Waals surface area contributed by atoms with Crippen molar-refractivity contribution < 1.29 is 4.79 Å². The Morgan fingerprint density at radius 2 is 1.88 bits per heavy atom. The van der Waals surface area contributed by atoms with Crippen LogP contribution in [-0.4, -0.2) is 49.9 Å². The summed E-state index contributed by atoms with van der Waals surface area (Å²) < 4.78 is 1.73. The molecule has 3 aromatic rings. The maximum atomic E-state index is 13.3. The van der Waals surface area contributed by atoms with Gasteiger partial charge in [-0.05, 0) is 44.4 Å². The molecule has 4 heterocycles. The molecule has 0 atom stereocenters. The minimum atomic E-state index is -0.244. The van der Waals surface area contributed by atoms with Crippen molar-refractivity contribution in [1.29, 1.82) is 0 Å². The first-order chi connectivity index (χ1) is 16.0. The van der Waals surface area contributed by atoms with Crippen LogP contribution in [0.2, 0.25) is 0 Å². The maximum Gasteiger partial charge on any atom is 0.263 e. The normalized spacial score (nSPS) is 17.0. The third-order valence-electron chi connectivity index (χ3n) is 6.61. The fraction of sp³-hybridized carbons (Fsp3) is 0.458. The van der Waals surface area contributed by atoms with E-state index in [2.05, 4.69) is 26.3 Å². The smallest absolute Gasteiger partial charge is 0.263 e. The van der Waals surface area contributed by atoms with Gasteiger partial charge in [-0.3, -0.25) is 14.2 Å². The molecule has 1 aliphatic heterocycles. The summed E-state index contributed by atoms with van der Waals surface area (Å²) >= 11 is 1.98. The molecule has 0 amide bonds. The highest BCUT2D eigenvalue weighted by atomic mass is 32.2. The van der Waals surface area contributed by atoms with Crippen LogP contribution in [0.1, 0.15) is 54.6 Å². The Labute approximate surface area is 196 Å². The summed E-state index contributed by atoms with van der Waals surface area (Å²) in [4.78, 5) is 41.7. The maximum absolute atomic E-state index is 13.3. The first kappa shape index (κ1) is 21.9. The number of rotatable bonds is 5. The lowest BCUT2D eigenvalue weighted by Gasteiger charge is -2.28. The van der Waals surface area contributed by atoms with Crippen LogP contribution >= 0.6 is 11.8 Å². The number of hydrogen-bond acceptors (Lipinski definition) is 8. The zero-order valence-corrected chi connectivity index (χ0v) is 19.8. The average Bonchev–Trinajstić information content (AvgIpc) is 3.34. The second-order valence-electron chi connectivity index (χ2n) is 8.73. The molecule has 0 unspecified atom stereocenters. The molecule has 172 valence electrons. The molecule has 1 saturated heterocycles. The number of carbonyl (C=O) groups is 1. The van der Waals surface area contributed by atoms with Crippen molar-refractivity contribution in [3.8, 4) is 0 Å². The van der Waals surface area contributed by atoms with Crippen LogP contribution in [0.3, 0.4) is 0 Å². The van der Waals surface area contributed by atoms with Gasteiger partial charge < -0.3 is 10.2 Å². The lowest BCUT2D eigenvalue weighted by molar-refractivity contribution is 0.101. The Balaban J connectivity index is 1.51. The van der Waals surface area contributed by atoms with E-state index in [9.17, 15) is 9.59 Å². The Morgan fingerprint density at radius 3 is 2.55 bits per heavy atom. The van der Waals surface area contributed by atoms with Crippen LogP contribution in [0.4, 0.5) is 17.5 Å². The first-order valence-corrected chi connectivity index (χ1v) is 12.7. The number of pyridine rings is 2. The van der Waals surface area contributed by atoms with Gasteiger partial charge in [0.2, 0.25) is 5.95 Å². The van der Waals surface area contributed by atoms with E-state index in [1.165, 1.54) is 6.92 Å². The van der Waals surface area contributed by atoms with E-state index in [1.54, 1.807) is 17.7 Å². The Morgan fingerprint density at radius 1 is 1.12 bits per heavy atom. The number of fused-ring (bicyclic) bond motifs is 1. The van der Waals surface area contributed by atoms with Crippen molar-refractivity contribution in [3.05, 3.63) is 46.0 Å². The molecule has 33 heavy (non-hydrogen) atoms. The molecule has 1 N–H and O–H groups in total. The molecule has 1 saturated carbocycles. The zero-order valence-electron chi connectivity index (χ0n) is 19.0. The number of Topliss-reactive ketones (excluding diaryl/α,β-unsaturated/α-hetero) is 1. The van der Waals surface area contributed by atoms with Crippen LogP contribution in [-0.2, 0) is 0 Å². The Kier molecular flexibility index (Phi) is 6.05. The van der Waals surface area contributed by atoms with Gasteiger partial charge in [-0.25, -0.2) is 9.97 Å². The number of thioether (sulfide) groups is 1. The molecule has 2 aliphatic rings. The SMILES string of the molecule is CC(=O)c1c(C)c2cnc(Nc3ccc(N4CCSCC4)cn3)nc2n(C2CCCC2)c1=O. The topological polar surface area (TPSA) is 93.0 Å². The molecule has 0 aromatic carbocycles. The summed E-state index contributed by atoms with van der Waals surface area (Å²) in [5.74, 6) is 3.09. The van der Waals surface area contributed by atoms with Crippen molar-refractivity contribution in [3.63, 3.8) is 0 Å². The standard InChI is InChI=1S/C24H28N6O2S/c1-15-19-14-26-24(27-20-8-7-18(13-25-20)29-9-11-33-12-10-29)28-22(19)30(17-5-3-4-6-17)23(32)21(15)16(2)31/h7-8,13-14,17H,3-6,9-12H2,1-2H3,(H,25,26,27,28). The molecular weight excluding hydrogens is 436 g/mol. The van der Waals surface area contributed by atoms with E-state index in [-0.39, 0.29) is 22.9 Å². The summed E-state index contributed by atoms with van der Waals surface area (Å²) in [5.41, 5.74) is 2.33. The highest BCUT2D eigenvalue weighted by Crippen LogP contribution is 2.32. The van der Waals surface area contributed by atoms with Gasteiger partial charge in [0.15, 0.2) is 5.78 Å². The van der Waals surface area contributed by atoms with Gasteiger partial charge in [-0.1, -0.05) is 12.8 Å².